The molecule has 2 aromatic heterocycles. The number of hydrogen-bond acceptors (Lipinski definition) is 7. The summed E-state index contributed by atoms with van der Waals surface area (Å²) in [5, 5.41) is 13.5. The third kappa shape index (κ3) is 4.59. The van der Waals surface area contributed by atoms with Crippen LogP contribution in [0.3, 0.4) is 0 Å². The molecule has 11 heteroatoms. The van der Waals surface area contributed by atoms with E-state index in [1.165, 1.54) is 0 Å². The number of hydrogen-bond donors (Lipinski definition) is 4. The fourth-order valence-electron chi connectivity index (χ4n) is 4.62. The van der Waals surface area contributed by atoms with Crippen LogP contribution in [-0.2, 0) is 16.5 Å². The second-order valence-electron chi connectivity index (χ2n) is 8.31. The normalized spacial score (nSPS) is 20.8. The predicted molar refractivity (Wildman–Crippen MR) is 120 cm³/mol. The van der Waals surface area contributed by atoms with Gasteiger partial charge in [-0.25, -0.2) is 23.0 Å². The molecule has 31 heavy (non-hydrogen) atoms. The Morgan fingerprint density at radius 2 is 1.97 bits per heavy atom. The molecule has 10 nitrogen and oxygen atoms in total. The molecule has 0 bridgehead atoms. The van der Waals surface area contributed by atoms with Crippen molar-refractivity contribution < 1.29 is 9.32 Å². The zero-order chi connectivity index (χ0) is 22.0. The van der Waals surface area contributed by atoms with E-state index in [-0.39, 0.29) is 24.2 Å². The van der Waals surface area contributed by atoms with E-state index < -0.39 is 10.1 Å². The van der Waals surface area contributed by atoms with Gasteiger partial charge in [-0.05, 0) is 38.8 Å². The van der Waals surface area contributed by atoms with E-state index in [1.54, 1.807) is 23.6 Å². The minimum absolute atomic E-state index is 0.0660. The first-order valence-corrected chi connectivity index (χ1v) is 12.5. The SMILES string of the molecule is CNS(=N)(=O)N1CCC(Nc2ncc3cc(CCO)c(=O)n(C4CCCC4)c3n2)CC1. The highest BCUT2D eigenvalue weighted by Crippen LogP contribution is 2.31. The summed E-state index contributed by atoms with van der Waals surface area (Å²) < 4.78 is 26.1. The van der Waals surface area contributed by atoms with Crippen molar-refractivity contribution in [3.63, 3.8) is 0 Å². The summed E-state index contributed by atoms with van der Waals surface area (Å²) in [4.78, 5) is 22.3. The average Bonchev–Trinajstić information content (AvgIpc) is 3.29. The molecule has 170 valence electrons. The van der Waals surface area contributed by atoms with Gasteiger partial charge in [0, 0.05) is 55.3 Å². The summed E-state index contributed by atoms with van der Waals surface area (Å²) in [7, 11) is -1.37. The molecule has 0 amide bonds. The van der Waals surface area contributed by atoms with Crippen LogP contribution >= 0.6 is 0 Å². The molecule has 2 fully saturated rings. The van der Waals surface area contributed by atoms with E-state index in [2.05, 4.69) is 15.0 Å². The molecular weight excluding hydrogens is 418 g/mol. The van der Waals surface area contributed by atoms with Crippen LogP contribution in [0.15, 0.2) is 17.1 Å². The number of piperidine rings is 1. The lowest BCUT2D eigenvalue weighted by Crippen LogP contribution is -2.45. The van der Waals surface area contributed by atoms with Crippen LogP contribution in [0.4, 0.5) is 5.95 Å². The van der Waals surface area contributed by atoms with Gasteiger partial charge in [-0.15, -0.1) is 0 Å². The third-order valence-electron chi connectivity index (χ3n) is 6.35. The van der Waals surface area contributed by atoms with Crippen LogP contribution in [0.2, 0.25) is 0 Å². The van der Waals surface area contributed by atoms with Crippen LogP contribution in [0.25, 0.3) is 11.0 Å². The Kier molecular flexibility index (Phi) is 6.56. The van der Waals surface area contributed by atoms with Gasteiger partial charge in [-0.1, -0.05) is 12.8 Å². The monoisotopic (exact) mass is 449 g/mol. The largest absolute Gasteiger partial charge is 0.396 e. The van der Waals surface area contributed by atoms with Gasteiger partial charge in [0.05, 0.1) is 0 Å². The first kappa shape index (κ1) is 22.1. The molecule has 1 unspecified atom stereocenters. The second kappa shape index (κ2) is 9.19. The Hall–Kier alpha value is -2.08. The second-order valence-corrected chi connectivity index (χ2v) is 10.3. The van der Waals surface area contributed by atoms with Crippen molar-refractivity contribution in [1.82, 2.24) is 23.6 Å². The molecule has 4 rings (SSSR count). The van der Waals surface area contributed by atoms with Crippen molar-refractivity contribution in [3.05, 3.63) is 28.2 Å². The summed E-state index contributed by atoms with van der Waals surface area (Å²) in [6.07, 6.45) is 7.64. The Morgan fingerprint density at radius 1 is 1.26 bits per heavy atom. The van der Waals surface area contributed by atoms with Gasteiger partial charge >= 0.3 is 0 Å². The van der Waals surface area contributed by atoms with Crippen molar-refractivity contribution in [1.29, 1.82) is 4.78 Å². The number of aliphatic hydroxyl groups excluding tert-OH is 1. The van der Waals surface area contributed by atoms with Crippen LogP contribution < -0.4 is 15.6 Å². The lowest BCUT2D eigenvalue weighted by atomic mass is 10.1. The van der Waals surface area contributed by atoms with Gasteiger partial charge in [0.2, 0.25) is 5.95 Å². The number of aromatic nitrogens is 3. The summed E-state index contributed by atoms with van der Waals surface area (Å²) in [6, 6.07) is 2.04. The highest BCUT2D eigenvalue weighted by atomic mass is 32.2. The maximum atomic E-state index is 13.1. The van der Waals surface area contributed by atoms with E-state index in [9.17, 15) is 14.1 Å². The molecule has 0 aromatic carbocycles. The quantitative estimate of drug-likeness (QED) is 0.505. The number of fused-ring (bicyclic) bond motifs is 1. The van der Waals surface area contributed by atoms with Crippen molar-refractivity contribution in [2.45, 2.75) is 57.0 Å². The molecule has 1 atom stereocenters. The molecular formula is C20H31N7O3S. The molecule has 1 saturated heterocycles. The molecule has 2 aliphatic rings. The van der Waals surface area contributed by atoms with Crippen molar-refractivity contribution in [2.75, 3.05) is 32.1 Å². The van der Waals surface area contributed by atoms with Crippen molar-refractivity contribution >= 4 is 27.1 Å². The summed E-state index contributed by atoms with van der Waals surface area (Å²) >= 11 is 0. The van der Waals surface area contributed by atoms with Gasteiger partial charge < -0.3 is 10.4 Å². The number of anilines is 1. The summed E-state index contributed by atoms with van der Waals surface area (Å²) in [5.41, 5.74) is 1.17. The van der Waals surface area contributed by atoms with Gasteiger partial charge in [-0.3, -0.25) is 9.36 Å². The van der Waals surface area contributed by atoms with Gasteiger partial charge in [0.15, 0.2) is 10.1 Å². The first-order chi connectivity index (χ1) is 14.9. The predicted octanol–water partition coefficient (Wildman–Crippen LogP) is 1.41. The van der Waals surface area contributed by atoms with Gasteiger partial charge in [0.1, 0.15) is 5.65 Å². The lowest BCUT2D eigenvalue weighted by Gasteiger charge is -2.32. The first-order valence-electron chi connectivity index (χ1n) is 10.9. The van der Waals surface area contributed by atoms with Gasteiger partial charge in [0.25, 0.3) is 5.56 Å². The topological polar surface area (TPSA) is 136 Å². The van der Waals surface area contributed by atoms with E-state index >= 15 is 0 Å². The Labute approximate surface area is 182 Å². The fraction of sp³-hybridized carbons (Fsp3) is 0.650. The Balaban J connectivity index is 1.60. The minimum atomic E-state index is -2.91. The number of aliphatic hydroxyl groups is 1. The molecule has 1 aliphatic carbocycles. The van der Waals surface area contributed by atoms with Crippen molar-refractivity contribution in [2.24, 2.45) is 0 Å². The Bertz CT molecular complexity index is 1090. The zero-order valence-corrected chi connectivity index (χ0v) is 18.7. The van der Waals surface area contributed by atoms with E-state index in [4.69, 9.17) is 9.76 Å². The van der Waals surface area contributed by atoms with Crippen LogP contribution in [0, 0.1) is 4.78 Å². The molecule has 2 aromatic rings. The number of nitrogens with one attached hydrogen (secondary N) is 3. The molecule has 1 saturated carbocycles. The summed E-state index contributed by atoms with van der Waals surface area (Å²) in [5.74, 6) is 0.479. The highest BCUT2D eigenvalue weighted by Gasteiger charge is 2.26. The van der Waals surface area contributed by atoms with Gasteiger partial charge in [-0.2, -0.15) is 4.98 Å². The highest BCUT2D eigenvalue weighted by molar-refractivity contribution is 7.88. The maximum Gasteiger partial charge on any atom is 0.255 e. The number of pyridine rings is 1. The smallest absolute Gasteiger partial charge is 0.255 e. The van der Waals surface area contributed by atoms with Crippen LogP contribution in [-0.4, -0.2) is 60.9 Å². The van der Waals surface area contributed by atoms with Crippen molar-refractivity contribution in [3.8, 4) is 0 Å². The van der Waals surface area contributed by atoms with Crippen LogP contribution in [0.5, 0.6) is 0 Å². The molecule has 4 N–H and O–H groups in total. The fourth-order valence-corrected chi connectivity index (χ4v) is 5.60. The number of rotatable bonds is 7. The minimum Gasteiger partial charge on any atom is -0.396 e. The lowest BCUT2D eigenvalue weighted by molar-refractivity contribution is 0.298. The van der Waals surface area contributed by atoms with E-state index in [0.29, 0.717) is 36.7 Å². The van der Waals surface area contributed by atoms with E-state index in [1.807, 2.05) is 4.57 Å². The zero-order valence-electron chi connectivity index (χ0n) is 17.8. The number of nitrogens with zero attached hydrogens (tertiary/aromatic N) is 4. The standard InChI is InChI=1S/C20H31N7O3S/c1-22-31(21,30)26-9-6-16(7-10-26)24-20-23-13-15-12-14(8-11-28)19(29)27(18(15)25-20)17-4-2-3-5-17/h12-13,16-17,28H,2-11H2,1H3,(H2,21,22,30)(H,23,24,25). The van der Waals surface area contributed by atoms with Crippen LogP contribution in [0.1, 0.15) is 50.1 Å². The molecule has 1 aliphatic heterocycles. The Morgan fingerprint density at radius 3 is 2.61 bits per heavy atom. The van der Waals surface area contributed by atoms with E-state index in [0.717, 1.165) is 43.9 Å². The molecule has 3 heterocycles. The molecule has 0 spiro atoms. The maximum absolute atomic E-state index is 13.1. The molecule has 0 radical (unpaired) electrons. The summed E-state index contributed by atoms with van der Waals surface area (Å²) in [6.45, 7) is 1.03. The average molecular weight is 450 g/mol. The third-order valence-corrected chi connectivity index (χ3v) is 7.99.